The molecule has 0 radical (unpaired) electrons. The summed E-state index contributed by atoms with van der Waals surface area (Å²) in [5.41, 5.74) is 1.23. The number of rotatable bonds is 4. The van der Waals surface area contributed by atoms with Gasteiger partial charge in [-0.1, -0.05) is 18.6 Å². The molecule has 0 bridgehead atoms. The van der Waals surface area contributed by atoms with E-state index in [9.17, 15) is 0 Å². The number of hydrogen-bond acceptors (Lipinski definition) is 4. The minimum Gasteiger partial charge on any atom is -0.490 e. The van der Waals surface area contributed by atoms with Gasteiger partial charge in [-0.05, 0) is 49.8 Å². The standard InChI is InChI=1S/C17H25N3O.HI/c1-2-7-15(8-3-1)21-16-9-4-6-14(12-16)13-20-17-18-10-5-11-19-17;/h4,6,9,12,15H,1-3,5,7-8,10-11,13H2,(H2,18,19,20);1H. The molecule has 1 heterocycles. The van der Waals surface area contributed by atoms with Crippen LogP contribution in [0.4, 0.5) is 0 Å². The molecule has 1 aliphatic carbocycles. The van der Waals surface area contributed by atoms with Gasteiger partial charge in [0.2, 0.25) is 0 Å². The molecule has 2 N–H and O–H groups in total. The normalized spacial score (nSPS) is 18.6. The largest absolute Gasteiger partial charge is 0.490 e. The number of hydrogen-bond donors (Lipinski definition) is 2. The minimum atomic E-state index is 0. The van der Waals surface area contributed by atoms with Gasteiger partial charge < -0.3 is 15.4 Å². The summed E-state index contributed by atoms with van der Waals surface area (Å²) in [5, 5.41) is 6.63. The van der Waals surface area contributed by atoms with Crippen LogP contribution in [-0.4, -0.2) is 25.2 Å². The Labute approximate surface area is 150 Å². The van der Waals surface area contributed by atoms with Crippen molar-refractivity contribution in [1.82, 2.24) is 10.6 Å². The summed E-state index contributed by atoms with van der Waals surface area (Å²) in [7, 11) is 0. The van der Waals surface area contributed by atoms with E-state index in [1.807, 2.05) is 0 Å². The van der Waals surface area contributed by atoms with E-state index < -0.39 is 0 Å². The Morgan fingerprint density at radius 2 is 2.05 bits per heavy atom. The summed E-state index contributed by atoms with van der Waals surface area (Å²) in [6, 6.07) is 8.41. The predicted molar refractivity (Wildman–Crippen MR) is 101 cm³/mol. The summed E-state index contributed by atoms with van der Waals surface area (Å²) in [4.78, 5) is 4.42. The molecular formula is C17H26IN3O. The molecule has 1 aromatic rings. The molecule has 4 nitrogen and oxygen atoms in total. The van der Waals surface area contributed by atoms with E-state index in [0.717, 1.165) is 37.8 Å². The van der Waals surface area contributed by atoms with Crippen LogP contribution in [0.2, 0.25) is 0 Å². The molecular weight excluding hydrogens is 389 g/mol. The molecule has 3 rings (SSSR count). The fourth-order valence-corrected chi connectivity index (χ4v) is 2.94. The van der Waals surface area contributed by atoms with Crippen LogP contribution in [0.15, 0.2) is 29.3 Å². The van der Waals surface area contributed by atoms with Gasteiger partial charge in [0.25, 0.3) is 0 Å². The Balaban J connectivity index is 0.00000176. The van der Waals surface area contributed by atoms with Crippen LogP contribution in [0.5, 0.6) is 5.75 Å². The van der Waals surface area contributed by atoms with Crippen molar-refractivity contribution in [1.29, 1.82) is 0 Å². The minimum absolute atomic E-state index is 0. The molecule has 0 unspecified atom stereocenters. The summed E-state index contributed by atoms with van der Waals surface area (Å²) in [6.45, 7) is 2.71. The molecule has 5 heteroatoms. The summed E-state index contributed by atoms with van der Waals surface area (Å²) < 4.78 is 6.11. The topological polar surface area (TPSA) is 45.7 Å². The van der Waals surface area contributed by atoms with Gasteiger partial charge in [-0.2, -0.15) is 0 Å². The zero-order valence-corrected chi connectivity index (χ0v) is 15.3. The quantitative estimate of drug-likeness (QED) is 0.741. The van der Waals surface area contributed by atoms with Crippen molar-refractivity contribution in [2.24, 2.45) is 4.99 Å². The molecule has 0 saturated heterocycles. The third-order valence-corrected chi connectivity index (χ3v) is 4.11. The Bertz CT molecular complexity index is 487. The van der Waals surface area contributed by atoms with Gasteiger partial charge in [0.1, 0.15) is 5.75 Å². The molecule has 1 aliphatic heterocycles. The lowest BCUT2D eigenvalue weighted by atomic mass is 9.98. The summed E-state index contributed by atoms with van der Waals surface area (Å²) in [6.07, 6.45) is 7.89. The average Bonchev–Trinajstić information content (AvgIpc) is 2.55. The molecule has 0 amide bonds. The summed E-state index contributed by atoms with van der Waals surface area (Å²) >= 11 is 0. The number of ether oxygens (including phenoxy) is 1. The Morgan fingerprint density at radius 1 is 1.18 bits per heavy atom. The van der Waals surface area contributed by atoms with Gasteiger partial charge >= 0.3 is 0 Å². The zero-order chi connectivity index (χ0) is 14.3. The van der Waals surface area contributed by atoms with Gasteiger partial charge in [0.05, 0.1) is 6.10 Å². The molecule has 0 atom stereocenters. The number of nitrogens with zero attached hydrogens (tertiary/aromatic N) is 1. The van der Waals surface area contributed by atoms with Crippen LogP contribution in [0.1, 0.15) is 44.1 Å². The lowest BCUT2D eigenvalue weighted by Gasteiger charge is -2.23. The first kappa shape index (κ1) is 17.4. The van der Waals surface area contributed by atoms with E-state index in [1.165, 1.54) is 37.7 Å². The van der Waals surface area contributed by atoms with Crippen LogP contribution in [0, 0.1) is 0 Å². The highest BCUT2D eigenvalue weighted by molar-refractivity contribution is 14.0. The van der Waals surface area contributed by atoms with E-state index in [0.29, 0.717) is 6.10 Å². The SMILES string of the molecule is I.c1cc(CNC2=NCCCN2)cc(OC2CCCCC2)c1. The third-order valence-electron chi connectivity index (χ3n) is 4.11. The maximum atomic E-state index is 6.11. The number of guanidine groups is 1. The Hall–Kier alpha value is -0.980. The van der Waals surface area contributed by atoms with E-state index in [1.54, 1.807) is 0 Å². The van der Waals surface area contributed by atoms with Crippen LogP contribution >= 0.6 is 24.0 Å². The maximum Gasteiger partial charge on any atom is 0.191 e. The fourth-order valence-electron chi connectivity index (χ4n) is 2.94. The second kappa shape index (κ2) is 9.22. The van der Waals surface area contributed by atoms with Crippen molar-refractivity contribution in [3.63, 3.8) is 0 Å². The zero-order valence-electron chi connectivity index (χ0n) is 13.0. The Morgan fingerprint density at radius 3 is 2.82 bits per heavy atom. The monoisotopic (exact) mass is 415 g/mol. The first-order valence-electron chi connectivity index (χ1n) is 8.18. The highest BCUT2D eigenvalue weighted by Crippen LogP contribution is 2.23. The highest BCUT2D eigenvalue weighted by Gasteiger charge is 2.14. The van der Waals surface area contributed by atoms with Crippen LogP contribution in [0.25, 0.3) is 0 Å². The van der Waals surface area contributed by atoms with E-state index in [-0.39, 0.29) is 24.0 Å². The van der Waals surface area contributed by atoms with Gasteiger partial charge in [-0.15, -0.1) is 24.0 Å². The first-order chi connectivity index (χ1) is 10.4. The lowest BCUT2D eigenvalue weighted by Crippen LogP contribution is -2.40. The maximum absolute atomic E-state index is 6.11. The van der Waals surface area contributed by atoms with Crippen LogP contribution in [-0.2, 0) is 6.54 Å². The van der Waals surface area contributed by atoms with Crippen molar-refractivity contribution in [2.75, 3.05) is 13.1 Å². The van der Waals surface area contributed by atoms with Crippen molar-refractivity contribution in [2.45, 2.75) is 51.2 Å². The molecule has 0 spiro atoms. The van der Waals surface area contributed by atoms with E-state index in [4.69, 9.17) is 4.74 Å². The van der Waals surface area contributed by atoms with Crippen LogP contribution in [0.3, 0.4) is 0 Å². The van der Waals surface area contributed by atoms with E-state index >= 15 is 0 Å². The van der Waals surface area contributed by atoms with Gasteiger partial charge in [-0.25, -0.2) is 0 Å². The van der Waals surface area contributed by atoms with Crippen molar-refractivity contribution in [3.05, 3.63) is 29.8 Å². The number of nitrogens with one attached hydrogen (secondary N) is 2. The first-order valence-corrected chi connectivity index (χ1v) is 8.18. The lowest BCUT2D eigenvalue weighted by molar-refractivity contribution is 0.155. The highest BCUT2D eigenvalue weighted by atomic mass is 127. The number of halogens is 1. The van der Waals surface area contributed by atoms with Gasteiger partial charge in [-0.3, -0.25) is 4.99 Å². The molecule has 0 aromatic heterocycles. The molecule has 2 aliphatic rings. The van der Waals surface area contributed by atoms with Crippen molar-refractivity contribution < 1.29 is 4.74 Å². The van der Waals surface area contributed by atoms with E-state index in [2.05, 4.69) is 39.9 Å². The van der Waals surface area contributed by atoms with Gasteiger partial charge in [0, 0.05) is 19.6 Å². The third kappa shape index (κ3) is 5.34. The van der Waals surface area contributed by atoms with Crippen molar-refractivity contribution in [3.8, 4) is 5.75 Å². The molecule has 1 saturated carbocycles. The Kier molecular flexibility index (Phi) is 7.29. The fraction of sp³-hybridized carbons (Fsp3) is 0.588. The molecule has 122 valence electrons. The predicted octanol–water partition coefficient (Wildman–Crippen LogP) is 3.46. The van der Waals surface area contributed by atoms with Crippen LogP contribution < -0.4 is 15.4 Å². The van der Waals surface area contributed by atoms with Crippen molar-refractivity contribution >= 4 is 29.9 Å². The molecule has 1 fully saturated rings. The second-order valence-corrected chi connectivity index (χ2v) is 5.89. The number of aliphatic imine (C=N–C) groups is 1. The average molecular weight is 415 g/mol. The summed E-state index contributed by atoms with van der Waals surface area (Å²) in [5.74, 6) is 1.92. The number of benzene rings is 1. The molecule has 1 aromatic carbocycles. The van der Waals surface area contributed by atoms with Gasteiger partial charge in [0.15, 0.2) is 5.96 Å². The molecule has 22 heavy (non-hydrogen) atoms. The smallest absolute Gasteiger partial charge is 0.191 e. The second-order valence-electron chi connectivity index (χ2n) is 5.89.